The minimum absolute atomic E-state index is 0.488. The molecule has 0 atom stereocenters. The van der Waals surface area contributed by atoms with Crippen LogP contribution in [0.2, 0.25) is 0 Å². The molecule has 0 aliphatic heterocycles. The van der Waals surface area contributed by atoms with Crippen LogP contribution >= 0.6 is 11.3 Å². The van der Waals surface area contributed by atoms with Crippen LogP contribution in [-0.2, 0) is 6.42 Å². The fourth-order valence-electron chi connectivity index (χ4n) is 1.61. The Hall–Kier alpha value is -1.86. The van der Waals surface area contributed by atoms with Gasteiger partial charge in [-0.25, -0.2) is 4.98 Å². The van der Waals surface area contributed by atoms with E-state index in [1.54, 1.807) is 5.38 Å². The smallest absolute Gasteiger partial charge is 0.151 e. The molecule has 2 rings (SSSR count). The molecular weight excluding hydrogens is 244 g/mol. The average molecular weight is 258 g/mol. The molecule has 3 nitrogen and oxygen atoms in total. The summed E-state index contributed by atoms with van der Waals surface area (Å²) in [6.07, 6.45) is 0.736. The maximum Gasteiger partial charge on any atom is 0.151 e. The molecule has 2 aromatic rings. The topological polar surface area (TPSA) is 45.9 Å². The summed E-state index contributed by atoms with van der Waals surface area (Å²) < 4.78 is 5.75. The molecular formula is C14H14N2OS. The van der Waals surface area contributed by atoms with Crippen molar-refractivity contribution in [2.24, 2.45) is 0 Å². The number of hydrogen-bond acceptors (Lipinski definition) is 4. The lowest BCUT2D eigenvalue weighted by molar-refractivity contribution is 0.319. The van der Waals surface area contributed by atoms with E-state index in [0.29, 0.717) is 12.3 Å². The summed E-state index contributed by atoms with van der Waals surface area (Å²) in [5, 5.41) is 11.4. The van der Waals surface area contributed by atoms with Gasteiger partial charge in [-0.1, -0.05) is 12.1 Å². The molecule has 4 heteroatoms. The van der Waals surface area contributed by atoms with Crippen LogP contribution in [0.3, 0.4) is 0 Å². The van der Waals surface area contributed by atoms with E-state index in [2.05, 4.69) is 24.9 Å². The van der Waals surface area contributed by atoms with Gasteiger partial charge >= 0.3 is 0 Å². The van der Waals surface area contributed by atoms with E-state index in [9.17, 15) is 0 Å². The van der Waals surface area contributed by atoms with Crippen molar-refractivity contribution in [3.63, 3.8) is 0 Å². The van der Waals surface area contributed by atoms with E-state index in [0.717, 1.165) is 17.2 Å². The number of nitriles is 1. The number of benzene rings is 1. The van der Waals surface area contributed by atoms with Crippen molar-refractivity contribution in [1.29, 1.82) is 5.26 Å². The number of rotatable bonds is 4. The highest BCUT2D eigenvalue weighted by Gasteiger charge is 2.04. The van der Waals surface area contributed by atoms with Gasteiger partial charge in [-0.2, -0.15) is 5.26 Å². The van der Waals surface area contributed by atoms with Crippen LogP contribution in [0.5, 0.6) is 5.75 Å². The van der Waals surface area contributed by atoms with Crippen LogP contribution in [0.25, 0.3) is 0 Å². The molecule has 92 valence electrons. The Bertz CT molecular complexity index is 584. The summed E-state index contributed by atoms with van der Waals surface area (Å²) in [5.41, 5.74) is 2.89. The molecule has 1 aromatic heterocycles. The number of thiazole rings is 1. The Kier molecular flexibility index (Phi) is 3.96. The third-order valence-electron chi connectivity index (χ3n) is 2.79. The molecule has 0 spiro atoms. The van der Waals surface area contributed by atoms with Crippen molar-refractivity contribution in [1.82, 2.24) is 4.98 Å². The third kappa shape index (κ3) is 2.88. The Morgan fingerprint density at radius 1 is 1.39 bits per heavy atom. The molecule has 0 bridgehead atoms. The maximum atomic E-state index is 8.68. The van der Waals surface area contributed by atoms with Gasteiger partial charge < -0.3 is 4.74 Å². The van der Waals surface area contributed by atoms with Gasteiger partial charge in [0.2, 0.25) is 0 Å². The number of aromatic nitrogens is 1. The molecule has 0 aliphatic rings. The molecule has 0 radical (unpaired) electrons. The normalized spacial score (nSPS) is 10.1. The first-order valence-corrected chi connectivity index (χ1v) is 6.62. The first kappa shape index (κ1) is 12.6. The second kappa shape index (κ2) is 5.65. The van der Waals surface area contributed by atoms with Crippen molar-refractivity contribution < 1.29 is 4.74 Å². The largest absolute Gasteiger partial charge is 0.493 e. The van der Waals surface area contributed by atoms with Gasteiger partial charge in [-0.05, 0) is 31.0 Å². The van der Waals surface area contributed by atoms with Crippen LogP contribution in [0.4, 0.5) is 0 Å². The lowest BCUT2D eigenvalue weighted by Crippen LogP contribution is -2.02. The van der Waals surface area contributed by atoms with Gasteiger partial charge in [0.05, 0.1) is 11.6 Å². The fourth-order valence-corrected chi connectivity index (χ4v) is 2.31. The van der Waals surface area contributed by atoms with Crippen molar-refractivity contribution in [2.45, 2.75) is 20.3 Å². The van der Waals surface area contributed by atoms with Crippen molar-refractivity contribution in [2.75, 3.05) is 6.61 Å². The lowest BCUT2D eigenvalue weighted by Gasteiger charge is -2.09. The molecule has 0 N–H and O–H groups in total. The quantitative estimate of drug-likeness (QED) is 0.845. The second-order valence-electron chi connectivity index (χ2n) is 4.03. The summed E-state index contributed by atoms with van der Waals surface area (Å²) in [6, 6.07) is 8.07. The van der Waals surface area contributed by atoms with Crippen LogP contribution in [-0.4, -0.2) is 11.6 Å². The first-order chi connectivity index (χ1) is 8.70. The van der Waals surface area contributed by atoms with Gasteiger partial charge in [0.25, 0.3) is 0 Å². The molecule has 1 heterocycles. The predicted molar refractivity (Wildman–Crippen MR) is 71.9 cm³/mol. The van der Waals surface area contributed by atoms with Crippen LogP contribution in [0, 0.1) is 25.2 Å². The SMILES string of the molecule is Cc1cccc(OCCc2nc(C#N)cs2)c1C. The highest BCUT2D eigenvalue weighted by molar-refractivity contribution is 7.09. The van der Waals surface area contributed by atoms with Gasteiger partial charge in [0.15, 0.2) is 5.69 Å². The maximum absolute atomic E-state index is 8.68. The minimum atomic E-state index is 0.488. The van der Waals surface area contributed by atoms with E-state index in [1.165, 1.54) is 22.5 Å². The fraction of sp³-hybridized carbons (Fsp3) is 0.286. The highest BCUT2D eigenvalue weighted by atomic mass is 32.1. The van der Waals surface area contributed by atoms with Crippen molar-refractivity contribution in [3.05, 3.63) is 45.4 Å². The summed E-state index contributed by atoms with van der Waals surface area (Å²) in [4.78, 5) is 4.18. The highest BCUT2D eigenvalue weighted by Crippen LogP contribution is 2.20. The predicted octanol–water partition coefficient (Wildman–Crippen LogP) is 3.25. The first-order valence-electron chi connectivity index (χ1n) is 5.74. The van der Waals surface area contributed by atoms with E-state index >= 15 is 0 Å². The standard InChI is InChI=1S/C14H14N2OS/c1-10-4-3-5-13(11(10)2)17-7-6-14-16-12(8-15)9-18-14/h3-5,9H,6-7H2,1-2H3. The van der Waals surface area contributed by atoms with Crippen LogP contribution in [0.15, 0.2) is 23.6 Å². The summed E-state index contributed by atoms with van der Waals surface area (Å²) in [6.45, 7) is 4.72. The number of nitrogens with zero attached hydrogens (tertiary/aromatic N) is 2. The van der Waals surface area contributed by atoms with Crippen molar-refractivity contribution in [3.8, 4) is 11.8 Å². The Labute approximate surface area is 111 Å². The number of aryl methyl sites for hydroxylation is 1. The Balaban J connectivity index is 1.92. The van der Waals surface area contributed by atoms with Crippen LogP contribution in [0.1, 0.15) is 21.8 Å². The van der Waals surface area contributed by atoms with Gasteiger partial charge in [-0.15, -0.1) is 11.3 Å². The summed E-state index contributed by atoms with van der Waals surface area (Å²) >= 11 is 1.50. The van der Waals surface area contributed by atoms with Crippen molar-refractivity contribution >= 4 is 11.3 Å². The van der Waals surface area contributed by atoms with Crippen LogP contribution < -0.4 is 4.74 Å². The van der Waals surface area contributed by atoms with Gasteiger partial charge in [-0.3, -0.25) is 0 Å². The second-order valence-corrected chi connectivity index (χ2v) is 4.98. The van der Waals surface area contributed by atoms with E-state index < -0.39 is 0 Å². The zero-order chi connectivity index (χ0) is 13.0. The molecule has 0 amide bonds. The third-order valence-corrected chi connectivity index (χ3v) is 3.70. The molecule has 0 aliphatic carbocycles. The van der Waals surface area contributed by atoms with E-state index in [-0.39, 0.29) is 0 Å². The minimum Gasteiger partial charge on any atom is -0.493 e. The molecule has 1 aromatic carbocycles. The van der Waals surface area contributed by atoms with E-state index in [4.69, 9.17) is 10.00 Å². The van der Waals surface area contributed by atoms with Gasteiger partial charge in [0.1, 0.15) is 11.8 Å². The molecule has 0 unspecified atom stereocenters. The monoisotopic (exact) mass is 258 g/mol. The zero-order valence-corrected chi connectivity index (χ0v) is 11.3. The molecule has 0 saturated heterocycles. The summed E-state index contributed by atoms with van der Waals surface area (Å²) in [7, 11) is 0. The average Bonchev–Trinajstić information content (AvgIpc) is 2.82. The van der Waals surface area contributed by atoms with E-state index in [1.807, 2.05) is 18.2 Å². The number of hydrogen-bond donors (Lipinski definition) is 0. The molecule has 0 fully saturated rings. The molecule has 0 saturated carbocycles. The molecule has 18 heavy (non-hydrogen) atoms. The Morgan fingerprint density at radius 3 is 2.94 bits per heavy atom. The zero-order valence-electron chi connectivity index (χ0n) is 10.4. The lowest BCUT2D eigenvalue weighted by atomic mass is 10.1. The summed E-state index contributed by atoms with van der Waals surface area (Å²) in [5.74, 6) is 0.923. The Morgan fingerprint density at radius 2 is 2.22 bits per heavy atom. The van der Waals surface area contributed by atoms with Gasteiger partial charge in [0, 0.05) is 11.8 Å². The number of ether oxygens (including phenoxy) is 1.